The number of halogens is 1. The summed E-state index contributed by atoms with van der Waals surface area (Å²) >= 11 is 10.7. The normalized spacial score (nSPS) is 12.8. The quantitative estimate of drug-likeness (QED) is 0.154. The Labute approximate surface area is 227 Å². The van der Waals surface area contributed by atoms with Gasteiger partial charge in [-0.15, -0.1) is 0 Å². The van der Waals surface area contributed by atoms with E-state index in [2.05, 4.69) is 66.4 Å². The molecule has 1 aromatic heterocycles. The SMILES string of the molecule is CCCC(c1ccc(C(=O)NCCC(=O)O)cc1)C(c1ccc(Cl)cc1)c1c[nH]c2ccc(CS)cc12. The van der Waals surface area contributed by atoms with Crippen LogP contribution in [0.25, 0.3) is 10.9 Å². The molecule has 5 nitrogen and oxygen atoms in total. The first-order valence-corrected chi connectivity index (χ1v) is 13.5. The zero-order valence-electron chi connectivity index (χ0n) is 20.7. The Morgan fingerprint density at radius 1 is 1.03 bits per heavy atom. The standard InChI is InChI=1S/C30H31ClN2O3S/c1-2-3-24(20-5-7-22(8-6-20)30(36)32-15-14-28(34)35)29(21-9-11-23(31)12-10-21)26-17-33-27-13-4-19(18-37)16-25(26)27/h4-13,16-17,24,29,33,37H,2-3,14-15,18H2,1H3,(H,32,36)(H,34,35). The molecular weight excluding hydrogens is 504 g/mol. The minimum atomic E-state index is -0.940. The summed E-state index contributed by atoms with van der Waals surface area (Å²) in [5, 5.41) is 13.4. The number of carboxylic acids is 1. The molecule has 0 saturated carbocycles. The van der Waals surface area contributed by atoms with Gasteiger partial charge >= 0.3 is 5.97 Å². The average Bonchev–Trinajstić information content (AvgIpc) is 3.32. The second-order valence-corrected chi connectivity index (χ2v) is 9.98. The van der Waals surface area contributed by atoms with Crippen molar-refractivity contribution in [2.24, 2.45) is 0 Å². The summed E-state index contributed by atoms with van der Waals surface area (Å²) < 4.78 is 0. The van der Waals surface area contributed by atoms with Gasteiger partial charge in [0.2, 0.25) is 0 Å². The van der Waals surface area contributed by atoms with E-state index in [0.29, 0.717) is 16.3 Å². The van der Waals surface area contributed by atoms with Crippen molar-refractivity contribution in [3.8, 4) is 0 Å². The van der Waals surface area contributed by atoms with E-state index in [1.807, 2.05) is 36.4 Å². The summed E-state index contributed by atoms with van der Waals surface area (Å²) in [7, 11) is 0. The predicted octanol–water partition coefficient (Wildman–Crippen LogP) is 7.17. The third-order valence-corrected chi connectivity index (χ3v) is 7.37. The number of benzene rings is 3. The summed E-state index contributed by atoms with van der Waals surface area (Å²) in [6.07, 6.45) is 3.96. The van der Waals surface area contributed by atoms with E-state index in [1.54, 1.807) is 0 Å². The highest BCUT2D eigenvalue weighted by Gasteiger charge is 2.28. The van der Waals surface area contributed by atoms with E-state index in [1.165, 1.54) is 16.5 Å². The van der Waals surface area contributed by atoms with Gasteiger partial charge in [-0.2, -0.15) is 12.6 Å². The Hall–Kier alpha value is -3.22. The Morgan fingerprint density at radius 3 is 2.38 bits per heavy atom. The van der Waals surface area contributed by atoms with Gasteiger partial charge in [-0.05, 0) is 71.0 Å². The number of fused-ring (bicyclic) bond motifs is 1. The number of carbonyl (C=O) groups is 2. The lowest BCUT2D eigenvalue weighted by molar-refractivity contribution is -0.136. The van der Waals surface area contributed by atoms with Gasteiger partial charge in [-0.1, -0.05) is 55.3 Å². The van der Waals surface area contributed by atoms with Gasteiger partial charge in [0.1, 0.15) is 0 Å². The maximum Gasteiger partial charge on any atom is 0.305 e. The van der Waals surface area contributed by atoms with E-state index in [4.69, 9.17) is 16.7 Å². The van der Waals surface area contributed by atoms with Crippen molar-refractivity contribution in [2.45, 2.75) is 43.8 Å². The zero-order chi connectivity index (χ0) is 26.4. The lowest BCUT2D eigenvalue weighted by Crippen LogP contribution is -2.26. The molecule has 7 heteroatoms. The molecule has 0 saturated heterocycles. The van der Waals surface area contributed by atoms with Gasteiger partial charge in [0.25, 0.3) is 5.91 Å². The maximum absolute atomic E-state index is 12.5. The van der Waals surface area contributed by atoms with Gasteiger partial charge in [-0.3, -0.25) is 9.59 Å². The number of aromatic amines is 1. The van der Waals surface area contributed by atoms with Crippen LogP contribution in [0.3, 0.4) is 0 Å². The van der Waals surface area contributed by atoms with E-state index in [0.717, 1.165) is 29.5 Å². The minimum Gasteiger partial charge on any atom is -0.481 e. The van der Waals surface area contributed by atoms with Crippen molar-refractivity contribution in [1.29, 1.82) is 0 Å². The van der Waals surface area contributed by atoms with Crippen LogP contribution in [0, 0.1) is 0 Å². The first-order valence-electron chi connectivity index (χ1n) is 12.5. The largest absolute Gasteiger partial charge is 0.481 e. The lowest BCUT2D eigenvalue weighted by atomic mass is 9.75. The number of aromatic nitrogens is 1. The van der Waals surface area contributed by atoms with Gasteiger partial charge in [0, 0.05) is 45.9 Å². The number of nitrogens with one attached hydrogen (secondary N) is 2. The monoisotopic (exact) mass is 534 g/mol. The molecule has 1 amide bonds. The molecule has 0 radical (unpaired) electrons. The van der Waals surface area contributed by atoms with Crippen LogP contribution in [0.5, 0.6) is 0 Å². The number of amides is 1. The molecule has 0 aliphatic rings. The molecule has 0 aliphatic heterocycles. The summed E-state index contributed by atoms with van der Waals surface area (Å²) in [6, 6.07) is 22.2. The molecule has 0 fully saturated rings. The highest BCUT2D eigenvalue weighted by Crippen LogP contribution is 2.44. The van der Waals surface area contributed by atoms with Crippen LogP contribution in [0.1, 0.15) is 70.6 Å². The van der Waals surface area contributed by atoms with E-state index < -0.39 is 5.97 Å². The summed E-state index contributed by atoms with van der Waals surface area (Å²) in [6.45, 7) is 2.28. The second kappa shape index (κ2) is 12.3. The second-order valence-electron chi connectivity index (χ2n) is 9.23. The Morgan fingerprint density at radius 2 is 1.73 bits per heavy atom. The van der Waals surface area contributed by atoms with Crippen LogP contribution in [-0.4, -0.2) is 28.5 Å². The third kappa shape index (κ3) is 6.38. The third-order valence-electron chi connectivity index (χ3n) is 6.75. The minimum absolute atomic E-state index is 0.0661. The topological polar surface area (TPSA) is 82.2 Å². The van der Waals surface area contributed by atoms with Gasteiger partial charge in [-0.25, -0.2) is 0 Å². The first-order chi connectivity index (χ1) is 17.9. The van der Waals surface area contributed by atoms with Gasteiger partial charge in [0.05, 0.1) is 6.42 Å². The molecule has 2 unspecified atom stereocenters. The van der Waals surface area contributed by atoms with Gasteiger partial charge < -0.3 is 15.4 Å². The van der Waals surface area contributed by atoms with Crippen molar-refractivity contribution < 1.29 is 14.7 Å². The number of carboxylic acid groups (broad SMARTS) is 1. The van der Waals surface area contributed by atoms with Crippen LogP contribution in [0.2, 0.25) is 5.02 Å². The first kappa shape index (κ1) is 26.8. The maximum atomic E-state index is 12.5. The van der Waals surface area contributed by atoms with Crippen LogP contribution >= 0.6 is 24.2 Å². The van der Waals surface area contributed by atoms with Crippen LogP contribution in [0.4, 0.5) is 0 Å². The Balaban J connectivity index is 1.74. The average molecular weight is 535 g/mol. The van der Waals surface area contributed by atoms with E-state index >= 15 is 0 Å². The van der Waals surface area contributed by atoms with Crippen molar-refractivity contribution >= 4 is 47.0 Å². The van der Waals surface area contributed by atoms with Crippen molar-refractivity contribution in [3.05, 3.63) is 106 Å². The number of aliphatic carboxylic acids is 1. The molecule has 192 valence electrons. The van der Waals surface area contributed by atoms with Crippen LogP contribution in [0.15, 0.2) is 72.9 Å². The van der Waals surface area contributed by atoms with Crippen LogP contribution in [-0.2, 0) is 10.5 Å². The lowest BCUT2D eigenvalue weighted by Gasteiger charge is -2.28. The summed E-state index contributed by atoms with van der Waals surface area (Å²) in [5.41, 5.74) is 6.30. The van der Waals surface area contributed by atoms with Gasteiger partial charge in [0.15, 0.2) is 0 Å². The fourth-order valence-corrected chi connectivity index (χ4v) is 5.27. The number of thiol groups is 1. The van der Waals surface area contributed by atoms with Crippen molar-refractivity contribution in [3.63, 3.8) is 0 Å². The van der Waals surface area contributed by atoms with E-state index in [-0.39, 0.29) is 30.7 Å². The Kier molecular flexibility index (Phi) is 8.95. The summed E-state index contributed by atoms with van der Waals surface area (Å²) in [4.78, 5) is 26.7. The highest BCUT2D eigenvalue weighted by atomic mass is 35.5. The molecule has 3 aromatic carbocycles. The summed E-state index contributed by atoms with van der Waals surface area (Å²) in [5.74, 6) is -0.319. The number of hydrogen-bond acceptors (Lipinski definition) is 3. The van der Waals surface area contributed by atoms with E-state index in [9.17, 15) is 9.59 Å². The molecular formula is C30H31ClN2O3S. The fourth-order valence-electron chi connectivity index (χ4n) is 4.95. The molecule has 2 atom stereocenters. The number of carbonyl (C=O) groups excluding carboxylic acids is 1. The molecule has 0 bridgehead atoms. The van der Waals surface area contributed by atoms with Crippen molar-refractivity contribution in [1.82, 2.24) is 10.3 Å². The number of H-pyrrole nitrogens is 1. The number of rotatable bonds is 11. The molecule has 37 heavy (non-hydrogen) atoms. The van der Waals surface area contributed by atoms with Crippen LogP contribution < -0.4 is 5.32 Å². The molecule has 1 heterocycles. The smallest absolute Gasteiger partial charge is 0.305 e. The van der Waals surface area contributed by atoms with Crippen molar-refractivity contribution in [2.75, 3.05) is 6.54 Å². The molecule has 0 aliphatic carbocycles. The zero-order valence-corrected chi connectivity index (χ0v) is 22.4. The predicted molar refractivity (Wildman–Crippen MR) is 153 cm³/mol. The molecule has 4 rings (SSSR count). The molecule has 4 aromatic rings. The highest BCUT2D eigenvalue weighted by molar-refractivity contribution is 7.79. The molecule has 0 spiro atoms. The Bertz CT molecular complexity index is 1370. The fraction of sp³-hybridized carbons (Fsp3) is 0.267. The number of hydrogen-bond donors (Lipinski definition) is 4. The molecule has 3 N–H and O–H groups in total.